The van der Waals surface area contributed by atoms with Crippen molar-refractivity contribution in [3.8, 4) is 0 Å². The standard InChI is InChI=1S/C11H11BrF2N4/c1-18-4-8(16-5-18)11(17-15)9-7(13)3-2-6(12)10(9)14/h2-5,11,17H,15H2,1H3. The van der Waals surface area contributed by atoms with Gasteiger partial charge in [0.1, 0.15) is 11.6 Å². The molecule has 0 aliphatic carbocycles. The van der Waals surface area contributed by atoms with Crippen LogP contribution in [-0.2, 0) is 7.05 Å². The molecule has 2 rings (SSSR count). The first-order valence-electron chi connectivity index (χ1n) is 5.12. The Kier molecular flexibility index (Phi) is 3.74. The van der Waals surface area contributed by atoms with Crippen LogP contribution in [0.15, 0.2) is 29.1 Å². The van der Waals surface area contributed by atoms with Gasteiger partial charge in [0.15, 0.2) is 0 Å². The monoisotopic (exact) mass is 316 g/mol. The molecule has 0 bridgehead atoms. The summed E-state index contributed by atoms with van der Waals surface area (Å²) < 4.78 is 29.6. The first-order valence-corrected chi connectivity index (χ1v) is 5.91. The molecule has 0 saturated carbocycles. The zero-order valence-electron chi connectivity index (χ0n) is 9.49. The number of imidazole rings is 1. The molecule has 2 aromatic rings. The second-order valence-corrected chi connectivity index (χ2v) is 4.67. The molecule has 0 aliphatic heterocycles. The van der Waals surface area contributed by atoms with Crippen molar-refractivity contribution in [3.05, 3.63) is 52.0 Å². The Morgan fingerprint density at radius 1 is 1.44 bits per heavy atom. The van der Waals surface area contributed by atoms with Gasteiger partial charge < -0.3 is 4.57 Å². The summed E-state index contributed by atoms with van der Waals surface area (Å²) in [7, 11) is 1.76. The summed E-state index contributed by atoms with van der Waals surface area (Å²) in [6, 6.07) is 1.64. The second-order valence-electron chi connectivity index (χ2n) is 3.82. The summed E-state index contributed by atoms with van der Waals surface area (Å²) in [6.45, 7) is 0. The number of hydrazine groups is 1. The van der Waals surface area contributed by atoms with Crippen molar-refractivity contribution in [2.75, 3.05) is 0 Å². The fourth-order valence-corrected chi connectivity index (χ4v) is 2.05. The topological polar surface area (TPSA) is 55.9 Å². The Morgan fingerprint density at radius 2 is 2.17 bits per heavy atom. The van der Waals surface area contributed by atoms with E-state index in [9.17, 15) is 8.78 Å². The van der Waals surface area contributed by atoms with E-state index in [4.69, 9.17) is 5.84 Å². The van der Waals surface area contributed by atoms with Crippen molar-refractivity contribution in [1.29, 1.82) is 0 Å². The number of aromatic nitrogens is 2. The molecule has 96 valence electrons. The van der Waals surface area contributed by atoms with Crippen LogP contribution in [0.4, 0.5) is 8.78 Å². The molecule has 0 fully saturated rings. The third kappa shape index (κ3) is 2.29. The first-order chi connectivity index (χ1) is 8.54. The molecule has 4 nitrogen and oxygen atoms in total. The molecule has 1 aromatic heterocycles. The summed E-state index contributed by atoms with van der Waals surface area (Å²) >= 11 is 3.02. The number of halogens is 3. The van der Waals surface area contributed by atoms with Crippen molar-refractivity contribution in [2.24, 2.45) is 12.9 Å². The molecule has 0 radical (unpaired) electrons. The van der Waals surface area contributed by atoms with Crippen LogP contribution in [0, 0.1) is 11.6 Å². The van der Waals surface area contributed by atoms with Gasteiger partial charge in [-0.1, -0.05) is 0 Å². The first kappa shape index (κ1) is 13.1. The number of benzene rings is 1. The van der Waals surface area contributed by atoms with Crippen LogP contribution in [-0.4, -0.2) is 9.55 Å². The lowest BCUT2D eigenvalue weighted by Gasteiger charge is -2.16. The molecular weight excluding hydrogens is 306 g/mol. The molecule has 0 aliphatic rings. The number of aryl methyl sites for hydroxylation is 1. The normalized spacial score (nSPS) is 12.7. The van der Waals surface area contributed by atoms with Gasteiger partial charge in [-0.25, -0.2) is 19.2 Å². The molecule has 0 spiro atoms. The van der Waals surface area contributed by atoms with E-state index >= 15 is 0 Å². The van der Waals surface area contributed by atoms with E-state index in [1.54, 1.807) is 17.8 Å². The van der Waals surface area contributed by atoms with Crippen molar-refractivity contribution < 1.29 is 8.78 Å². The number of rotatable bonds is 3. The molecule has 18 heavy (non-hydrogen) atoms. The molecule has 0 amide bonds. The largest absolute Gasteiger partial charge is 0.340 e. The Bertz CT molecular complexity index is 570. The molecule has 3 N–H and O–H groups in total. The van der Waals surface area contributed by atoms with Gasteiger partial charge >= 0.3 is 0 Å². The SMILES string of the molecule is Cn1cnc(C(NN)c2c(F)ccc(Br)c2F)c1. The maximum absolute atomic E-state index is 14.0. The van der Waals surface area contributed by atoms with Gasteiger partial charge in [0, 0.05) is 18.8 Å². The van der Waals surface area contributed by atoms with Crippen LogP contribution in [0.3, 0.4) is 0 Å². The minimum Gasteiger partial charge on any atom is -0.340 e. The summed E-state index contributed by atoms with van der Waals surface area (Å²) in [6.07, 6.45) is 3.18. The van der Waals surface area contributed by atoms with E-state index in [0.717, 1.165) is 0 Å². The van der Waals surface area contributed by atoms with E-state index in [0.29, 0.717) is 5.69 Å². The third-order valence-corrected chi connectivity index (χ3v) is 3.17. The highest BCUT2D eigenvalue weighted by Crippen LogP contribution is 2.29. The molecule has 7 heteroatoms. The molecule has 1 heterocycles. The predicted octanol–water partition coefficient (Wildman–Crippen LogP) is 2.01. The predicted molar refractivity (Wildman–Crippen MR) is 66.4 cm³/mol. The Labute approximate surface area is 111 Å². The van der Waals surface area contributed by atoms with Crippen LogP contribution in [0.1, 0.15) is 17.3 Å². The summed E-state index contributed by atoms with van der Waals surface area (Å²) in [4.78, 5) is 4.05. The average Bonchev–Trinajstić information content (AvgIpc) is 2.76. The lowest BCUT2D eigenvalue weighted by Crippen LogP contribution is -2.30. The summed E-state index contributed by atoms with van der Waals surface area (Å²) in [5.41, 5.74) is 2.66. The van der Waals surface area contributed by atoms with Gasteiger partial charge in [-0.15, -0.1) is 0 Å². The van der Waals surface area contributed by atoms with Crippen LogP contribution in [0.25, 0.3) is 0 Å². The number of nitrogens with zero attached hydrogens (tertiary/aromatic N) is 2. The van der Waals surface area contributed by atoms with Crippen LogP contribution in [0.5, 0.6) is 0 Å². The minimum absolute atomic E-state index is 0.162. The van der Waals surface area contributed by atoms with Crippen LogP contribution in [0.2, 0.25) is 0 Å². The van der Waals surface area contributed by atoms with Gasteiger partial charge in [0.05, 0.1) is 22.5 Å². The maximum atomic E-state index is 14.0. The van der Waals surface area contributed by atoms with Crippen molar-refractivity contribution in [1.82, 2.24) is 15.0 Å². The Hall–Kier alpha value is -1.31. The fourth-order valence-electron chi connectivity index (χ4n) is 1.71. The summed E-state index contributed by atoms with van der Waals surface area (Å²) in [5, 5.41) is 0. The second kappa shape index (κ2) is 5.13. The smallest absolute Gasteiger partial charge is 0.145 e. The van der Waals surface area contributed by atoms with Gasteiger partial charge in [-0.05, 0) is 28.1 Å². The molecule has 1 unspecified atom stereocenters. The fraction of sp³-hybridized carbons (Fsp3) is 0.182. The van der Waals surface area contributed by atoms with E-state index in [1.807, 2.05) is 0 Å². The molecule has 1 atom stereocenters. The van der Waals surface area contributed by atoms with Crippen molar-refractivity contribution in [2.45, 2.75) is 6.04 Å². The maximum Gasteiger partial charge on any atom is 0.145 e. The van der Waals surface area contributed by atoms with E-state index in [-0.39, 0.29) is 10.0 Å². The third-order valence-electron chi connectivity index (χ3n) is 2.56. The van der Waals surface area contributed by atoms with E-state index < -0.39 is 17.7 Å². The minimum atomic E-state index is -0.844. The number of hydrogen-bond donors (Lipinski definition) is 2. The highest BCUT2D eigenvalue weighted by molar-refractivity contribution is 9.10. The molecule has 0 saturated heterocycles. The van der Waals surface area contributed by atoms with Crippen molar-refractivity contribution in [3.63, 3.8) is 0 Å². The quantitative estimate of drug-likeness (QED) is 0.517. The lowest BCUT2D eigenvalue weighted by atomic mass is 10.0. The Balaban J connectivity index is 2.55. The van der Waals surface area contributed by atoms with Gasteiger partial charge in [0.25, 0.3) is 0 Å². The average molecular weight is 317 g/mol. The van der Waals surface area contributed by atoms with Gasteiger partial charge in [-0.3, -0.25) is 5.84 Å². The van der Waals surface area contributed by atoms with E-state index in [2.05, 4.69) is 26.3 Å². The van der Waals surface area contributed by atoms with Crippen molar-refractivity contribution >= 4 is 15.9 Å². The molecular formula is C11H11BrF2N4. The number of nitrogens with one attached hydrogen (secondary N) is 1. The highest BCUT2D eigenvalue weighted by Gasteiger charge is 2.24. The zero-order chi connectivity index (χ0) is 13.3. The Morgan fingerprint density at radius 3 is 2.72 bits per heavy atom. The lowest BCUT2D eigenvalue weighted by molar-refractivity contribution is 0.503. The van der Waals surface area contributed by atoms with Crippen LogP contribution >= 0.6 is 15.9 Å². The number of nitrogens with two attached hydrogens (primary N) is 1. The molecule has 1 aromatic carbocycles. The van der Waals surface area contributed by atoms with E-state index in [1.165, 1.54) is 18.5 Å². The van der Waals surface area contributed by atoms with Gasteiger partial charge in [0.2, 0.25) is 0 Å². The number of hydrogen-bond acceptors (Lipinski definition) is 3. The highest BCUT2D eigenvalue weighted by atomic mass is 79.9. The zero-order valence-corrected chi connectivity index (χ0v) is 11.1. The van der Waals surface area contributed by atoms with Gasteiger partial charge in [-0.2, -0.15) is 0 Å². The van der Waals surface area contributed by atoms with Crippen LogP contribution < -0.4 is 11.3 Å². The summed E-state index contributed by atoms with van der Waals surface area (Å²) in [5.74, 6) is 4.02.